The van der Waals surface area contributed by atoms with Crippen molar-refractivity contribution in [3.05, 3.63) is 52.3 Å². The number of hydrogen-bond donors (Lipinski definition) is 0. The summed E-state index contributed by atoms with van der Waals surface area (Å²) < 4.78 is 10.8. The van der Waals surface area contributed by atoms with E-state index in [0.29, 0.717) is 11.1 Å². The molecular formula is C18H21ClN2O2. The van der Waals surface area contributed by atoms with Crippen LogP contribution < -0.4 is 9.47 Å². The minimum absolute atomic E-state index is 0.264. The summed E-state index contributed by atoms with van der Waals surface area (Å²) in [4.78, 5) is 6.72. The lowest BCUT2D eigenvalue weighted by molar-refractivity contribution is 0.174. The first-order valence-corrected chi connectivity index (χ1v) is 8.10. The van der Waals surface area contributed by atoms with Crippen molar-refractivity contribution in [2.45, 2.75) is 32.9 Å². The molecule has 5 heteroatoms. The lowest BCUT2D eigenvalue weighted by atomic mass is 10.1. The molecule has 1 aliphatic heterocycles. The van der Waals surface area contributed by atoms with E-state index in [-0.39, 0.29) is 6.79 Å². The molecule has 0 aliphatic carbocycles. The van der Waals surface area contributed by atoms with E-state index in [0.717, 1.165) is 35.7 Å². The number of fused-ring (bicyclic) bond motifs is 1. The zero-order valence-electron chi connectivity index (χ0n) is 13.7. The summed E-state index contributed by atoms with van der Waals surface area (Å²) in [6.07, 6.45) is 2.77. The van der Waals surface area contributed by atoms with Crippen molar-refractivity contribution in [1.29, 1.82) is 0 Å². The number of ether oxygens (including phenoxy) is 2. The van der Waals surface area contributed by atoms with E-state index in [1.165, 1.54) is 5.56 Å². The highest BCUT2D eigenvalue weighted by Crippen LogP contribution is 2.37. The van der Waals surface area contributed by atoms with Gasteiger partial charge in [-0.05, 0) is 50.2 Å². The van der Waals surface area contributed by atoms with Crippen LogP contribution in [0.2, 0.25) is 5.02 Å². The monoisotopic (exact) mass is 332 g/mol. The smallest absolute Gasteiger partial charge is 0.231 e. The number of halogens is 1. The van der Waals surface area contributed by atoms with E-state index in [1.807, 2.05) is 24.4 Å². The van der Waals surface area contributed by atoms with Crippen LogP contribution in [0.25, 0.3) is 0 Å². The van der Waals surface area contributed by atoms with Crippen LogP contribution in [0.1, 0.15) is 23.7 Å². The van der Waals surface area contributed by atoms with Crippen molar-refractivity contribution in [3.63, 3.8) is 0 Å². The third kappa shape index (κ3) is 3.77. The molecule has 0 saturated heterocycles. The van der Waals surface area contributed by atoms with E-state index in [1.54, 1.807) is 0 Å². The summed E-state index contributed by atoms with van der Waals surface area (Å²) in [5.74, 6) is 1.49. The Labute approximate surface area is 142 Å². The van der Waals surface area contributed by atoms with E-state index in [2.05, 4.69) is 36.8 Å². The largest absolute Gasteiger partial charge is 0.454 e. The number of rotatable bonds is 5. The van der Waals surface area contributed by atoms with E-state index >= 15 is 0 Å². The van der Waals surface area contributed by atoms with Gasteiger partial charge in [0.2, 0.25) is 6.79 Å². The number of hydrogen-bond acceptors (Lipinski definition) is 4. The molecule has 0 bridgehead atoms. The van der Waals surface area contributed by atoms with Crippen LogP contribution in [0.15, 0.2) is 30.5 Å². The van der Waals surface area contributed by atoms with Crippen LogP contribution in [0, 0.1) is 6.92 Å². The molecule has 0 fully saturated rings. The highest BCUT2D eigenvalue weighted by atomic mass is 35.5. The Balaban J connectivity index is 1.68. The predicted octanol–water partition coefficient (Wildman–Crippen LogP) is 3.84. The van der Waals surface area contributed by atoms with Crippen molar-refractivity contribution in [3.8, 4) is 11.5 Å². The first-order valence-electron chi connectivity index (χ1n) is 7.72. The van der Waals surface area contributed by atoms with Gasteiger partial charge in [0.25, 0.3) is 0 Å². The minimum atomic E-state index is 0.264. The van der Waals surface area contributed by atoms with Gasteiger partial charge in [-0.1, -0.05) is 11.6 Å². The SMILES string of the molecule is Cc1ccnc(CC(C)N(C)Cc2cc3c(cc2Cl)OCO3)c1. The fraction of sp³-hybridized carbons (Fsp3) is 0.389. The molecule has 0 spiro atoms. The van der Waals surface area contributed by atoms with Gasteiger partial charge >= 0.3 is 0 Å². The maximum absolute atomic E-state index is 6.36. The van der Waals surface area contributed by atoms with Gasteiger partial charge in [-0.3, -0.25) is 9.88 Å². The third-order valence-electron chi connectivity index (χ3n) is 4.19. The second-order valence-corrected chi connectivity index (χ2v) is 6.50. The molecule has 2 heterocycles. The van der Waals surface area contributed by atoms with Gasteiger partial charge < -0.3 is 9.47 Å². The fourth-order valence-corrected chi connectivity index (χ4v) is 2.89. The van der Waals surface area contributed by atoms with Crippen LogP contribution in [0.5, 0.6) is 11.5 Å². The first-order chi connectivity index (χ1) is 11.0. The molecule has 23 heavy (non-hydrogen) atoms. The topological polar surface area (TPSA) is 34.6 Å². The zero-order valence-corrected chi connectivity index (χ0v) is 14.4. The summed E-state index contributed by atoms with van der Waals surface area (Å²) in [6.45, 7) is 5.31. The Morgan fingerprint density at radius 3 is 2.74 bits per heavy atom. The maximum Gasteiger partial charge on any atom is 0.231 e. The molecule has 1 aromatic carbocycles. The Morgan fingerprint density at radius 1 is 1.26 bits per heavy atom. The average Bonchev–Trinajstić information content (AvgIpc) is 2.94. The molecule has 1 aromatic heterocycles. The molecule has 1 unspecified atom stereocenters. The molecule has 0 saturated carbocycles. The number of aromatic nitrogens is 1. The summed E-state index contributed by atoms with van der Waals surface area (Å²) in [5.41, 5.74) is 3.40. The third-order valence-corrected chi connectivity index (χ3v) is 4.54. The Hall–Kier alpha value is -1.78. The Morgan fingerprint density at radius 2 is 2.00 bits per heavy atom. The molecule has 4 nitrogen and oxygen atoms in total. The molecule has 2 aromatic rings. The van der Waals surface area contributed by atoms with Gasteiger partial charge in [0, 0.05) is 42.0 Å². The summed E-state index contributed by atoms with van der Waals surface area (Å²) in [5, 5.41) is 0.710. The second-order valence-electron chi connectivity index (χ2n) is 6.09. The van der Waals surface area contributed by atoms with Gasteiger partial charge in [0.05, 0.1) is 0 Å². The molecule has 1 aliphatic rings. The van der Waals surface area contributed by atoms with Gasteiger partial charge in [-0.15, -0.1) is 0 Å². The fourth-order valence-electron chi connectivity index (χ4n) is 2.67. The highest BCUT2D eigenvalue weighted by molar-refractivity contribution is 6.31. The van der Waals surface area contributed by atoms with E-state index in [4.69, 9.17) is 21.1 Å². The number of pyridine rings is 1. The summed E-state index contributed by atoms with van der Waals surface area (Å²) in [7, 11) is 2.10. The zero-order chi connectivity index (χ0) is 16.4. The van der Waals surface area contributed by atoms with Crippen molar-refractivity contribution in [2.24, 2.45) is 0 Å². The normalized spacial score (nSPS) is 14.3. The standard InChI is InChI=1S/C18H21ClN2O2/c1-12-4-5-20-15(6-12)7-13(2)21(3)10-14-8-17-18(9-16(14)19)23-11-22-17/h4-6,8-9,13H,7,10-11H2,1-3H3. The van der Waals surface area contributed by atoms with Crippen molar-refractivity contribution in [1.82, 2.24) is 9.88 Å². The molecular weight excluding hydrogens is 312 g/mol. The minimum Gasteiger partial charge on any atom is -0.454 e. The molecule has 3 rings (SSSR count). The molecule has 0 N–H and O–H groups in total. The highest BCUT2D eigenvalue weighted by Gasteiger charge is 2.19. The molecule has 0 radical (unpaired) electrons. The van der Waals surface area contributed by atoms with Crippen LogP contribution in [0.3, 0.4) is 0 Å². The maximum atomic E-state index is 6.36. The van der Waals surface area contributed by atoms with Crippen LogP contribution >= 0.6 is 11.6 Å². The molecule has 0 amide bonds. The summed E-state index contributed by atoms with van der Waals surface area (Å²) in [6, 6.07) is 8.31. The summed E-state index contributed by atoms with van der Waals surface area (Å²) >= 11 is 6.36. The van der Waals surface area contributed by atoms with Gasteiger partial charge in [0.15, 0.2) is 11.5 Å². The lowest BCUT2D eigenvalue weighted by Crippen LogP contribution is -2.30. The number of benzene rings is 1. The Bertz CT molecular complexity index is 705. The van der Waals surface area contributed by atoms with Crippen LogP contribution in [0.4, 0.5) is 0 Å². The van der Waals surface area contributed by atoms with Crippen molar-refractivity contribution < 1.29 is 9.47 Å². The molecule has 1 atom stereocenters. The first kappa shape index (κ1) is 16.1. The molecule has 122 valence electrons. The van der Waals surface area contributed by atoms with Crippen LogP contribution in [-0.2, 0) is 13.0 Å². The van der Waals surface area contributed by atoms with E-state index in [9.17, 15) is 0 Å². The lowest BCUT2D eigenvalue weighted by Gasteiger charge is -2.25. The second kappa shape index (κ2) is 6.77. The Kier molecular flexibility index (Phi) is 4.74. The van der Waals surface area contributed by atoms with Gasteiger partial charge in [0.1, 0.15) is 0 Å². The number of aryl methyl sites for hydroxylation is 1. The average molecular weight is 333 g/mol. The van der Waals surface area contributed by atoms with Gasteiger partial charge in [-0.25, -0.2) is 0 Å². The number of nitrogens with zero attached hydrogens (tertiary/aromatic N) is 2. The predicted molar refractivity (Wildman–Crippen MR) is 91.2 cm³/mol. The van der Waals surface area contributed by atoms with E-state index < -0.39 is 0 Å². The van der Waals surface area contributed by atoms with Crippen LogP contribution in [-0.4, -0.2) is 29.8 Å². The quantitative estimate of drug-likeness (QED) is 0.833. The van der Waals surface area contributed by atoms with Gasteiger partial charge in [-0.2, -0.15) is 0 Å². The van der Waals surface area contributed by atoms with Crippen molar-refractivity contribution >= 4 is 11.6 Å². The van der Waals surface area contributed by atoms with Crippen molar-refractivity contribution in [2.75, 3.05) is 13.8 Å². The number of likely N-dealkylation sites (N-methyl/N-ethyl adjacent to an activating group) is 1.